The Balaban J connectivity index is 1.61. The number of aromatic nitrogens is 1. The number of nitrogens with zero attached hydrogens (tertiary/aromatic N) is 2. The van der Waals surface area contributed by atoms with Gasteiger partial charge in [-0.3, -0.25) is 14.5 Å². The number of hydrogen-bond acceptors (Lipinski definition) is 5. The van der Waals surface area contributed by atoms with Crippen molar-refractivity contribution >= 4 is 45.7 Å². The molecule has 2 amide bonds. The summed E-state index contributed by atoms with van der Waals surface area (Å²) in [4.78, 5) is 31.1. The molecule has 1 saturated heterocycles. The molecule has 3 rings (SSSR count). The first kappa shape index (κ1) is 16.0. The molecule has 5 nitrogen and oxygen atoms in total. The summed E-state index contributed by atoms with van der Waals surface area (Å²) in [5, 5.41) is 5.42. The summed E-state index contributed by atoms with van der Waals surface area (Å²) < 4.78 is 0. The molecular formula is C16H17N3O2S2. The number of nitrogens with one attached hydrogen (secondary N) is 1. The van der Waals surface area contributed by atoms with Crippen LogP contribution in [0.25, 0.3) is 0 Å². The fourth-order valence-corrected chi connectivity index (χ4v) is 3.75. The summed E-state index contributed by atoms with van der Waals surface area (Å²) in [5.74, 6) is 0.0112. The van der Waals surface area contributed by atoms with E-state index in [1.165, 1.54) is 11.3 Å². The highest BCUT2D eigenvalue weighted by molar-refractivity contribution is 7.98. The molecule has 1 N–H and O–H groups in total. The third kappa shape index (κ3) is 3.92. The minimum absolute atomic E-state index is 0.104. The van der Waals surface area contributed by atoms with Gasteiger partial charge in [0, 0.05) is 28.9 Å². The maximum atomic E-state index is 12.1. The molecule has 0 atom stereocenters. The van der Waals surface area contributed by atoms with Crippen molar-refractivity contribution in [1.29, 1.82) is 0 Å². The topological polar surface area (TPSA) is 62.3 Å². The first-order chi connectivity index (χ1) is 11.2. The molecule has 23 heavy (non-hydrogen) atoms. The van der Waals surface area contributed by atoms with Crippen molar-refractivity contribution in [1.82, 2.24) is 4.98 Å². The zero-order valence-electron chi connectivity index (χ0n) is 12.7. The van der Waals surface area contributed by atoms with Crippen LogP contribution in [0.15, 0.2) is 34.5 Å². The van der Waals surface area contributed by atoms with Crippen LogP contribution in [0.2, 0.25) is 0 Å². The number of hydrogen-bond donors (Lipinski definition) is 1. The van der Waals surface area contributed by atoms with Gasteiger partial charge in [0.2, 0.25) is 11.8 Å². The van der Waals surface area contributed by atoms with E-state index >= 15 is 0 Å². The number of carbonyl (C=O) groups excluding carboxylic acids is 2. The molecule has 7 heteroatoms. The largest absolute Gasteiger partial charge is 0.326 e. The Morgan fingerprint density at radius 3 is 3.09 bits per heavy atom. The summed E-state index contributed by atoms with van der Waals surface area (Å²) in [6.45, 7) is 0.722. The minimum atomic E-state index is -0.104. The van der Waals surface area contributed by atoms with Gasteiger partial charge in [-0.2, -0.15) is 0 Å². The predicted octanol–water partition coefficient (Wildman–Crippen LogP) is 3.17. The fraction of sp³-hybridized carbons (Fsp3) is 0.312. The van der Waals surface area contributed by atoms with Crippen LogP contribution < -0.4 is 10.2 Å². The van der Waals surface area contributed by atoms with E-state index in [1.807, 2.05) is 35.9 Å². The fourth-order valence-electron chi connectivity index (χ4n) is 2.42. The summed E-state index contributed by atoms with van der Waals surface area (Å²) in [6.07, 6.45) is 3.67. The van der Waals surface area contributed by atoms with Crippen LogP contribution in [0.3, 0.4) is 0 Å². The van der Waals surface area contributed by atoms with Crippen molar-refractivity contribution in [3.05, 3.63) is 35.3 Å². The lowest BCUT2D eigenvalue weighted by Gasteiger charge is -2.10. The smallest absolute Gasteiger partial charge is 0.230 e. The molecule has 2 heterocycles. The first-order valence-electron chi connectivity index (χ1n) is 7.34. The van der Waals surface area contributed by atoms with Gasteiger partial charge in [-0.15, -0.1) is 23.1 Å². The number of benzene rings is 1. The predicted molar refractivity (Wildman–Crippen MR) is 94.3 cm³/mol. The molecule has 0 unspecified atom stereocenters. The molecule has 0 radical (unpaired) electrons. The summed E-state index contributed by atoms with van der Waals surface area (Å²) in [5.41, 5.74) is 1.48. The average molecular weight is 347 g/mol. The Morgan fingerprint density at radius 1 is 1.48 bits per heavy atom. The number of rotatable bonds is 5. The average Bonchev–Trinajstić information content (AvgIpc) is 3.16. The van der Waals surface area contributed by atoms with Crippen LogP contribution in [-0.4, -0.2) is 29.6 Å². The first-order valence-corrected chi connectivity index (χ1v) is 9.45. The van der Waals surface area contributed by atoms with E-state index in [-0.39, 0.29) is 18.2 Å². The summed E-state index contributed by atoms with van der Waals surface area (Å²) >= 11 is 3.05. The number of thiazole rings is 1. The normalized spacial score (nSPS) is 14.3. The number of amides is 2. The van der Waals surface area contributed by atoms with Gasteiger partial charge in [0.05, 0.1) is 12.1 Å². The highest BCUT2D eigenvalue weighted by Gasteiger charge is 2.24. The Bertz CT molecular complexity index is 730. The van der Waals surface area contributed by atoms with Crippen LogP contribution >= 0.6 is 23.1 Å². The standard InChI is InChI=1S/C16H17N3O2S2/c1-22-13-5-2-4-11(8-13)17-14(20)9-12-10-23-16(18-12)19-7-3-6-15(19)21/h2,4-5,8,10H,3,6-7,9H2,1H3,(H,17,20). The Labute approximate surface area is 143 Å². The minimum Gasteiger partial charge on any atom is -0.326 e. The molecule has 0 aliphatic carbocycles. The number of thioether (sulfide) groups is 1. The second kappa shape index (κ2) is 7.14. The van der Waals surface area contributed by atoms with E-state index in [2.05, 4.69) is 10.3 Å². The molecular weight excluding hydrogens is 330 g/mol. The highest BCUT2D eigenvalue weighted by Crippen LogP contribution is 2.25. The zero-order valence-corrected chi connectivity index (χ0v) is 14.4. The van der Waals surface area contributed by atoms with Crippen LogP contribution in [0.1, 0.15) is 18.5 Å². The molecule has 0 spiro atoms. The third-order valence-electron chi connectivity index (χ3n) is 3.54. The monoisotopic (exact) mass is 347 g/mol. The van der Waals surface area contributed by atoms with Crippen molar-refractivity contribution < 1.29 is 9.59 Å². The summed E-state index contributed by atoms with van der Waals surface area (Å²) in [7, 11) is 0. The van der Waals surface area contributed by atoms with Gasteiger partial charge < -0.3 is 5.32 Å². The van der Waals surface area contributed by atoms with Crippen molar-refractivity contribution in [3.8, 4) is 0 Å². The molecule has 1 aromatic heterocycles. The maximum absolute atomic E-state index is 12.1. The third-order valence-corrected chi connectivity index (χ3v) is 5.18. The molecule has 1 aliphatic heterocycles. The van der Waals surface area contributed by atoms with Crippen molar-refractivity contribution in [2.24, 2.45) is 0 Å². The Morgan fingerprint density at radius 2 is 2.35 bits per heavy atom. The van der Waals surface area contributed by atoms with E-state index in [0.29, 0.717) is 17.2 Å². The molecule has 2 aromatic rings. The summed E-state index contributed by atoms with van der Waals surface area (Å²) in [6, 6.07) is 7.73. The Kier molecular flexibility index (Phi) is 4.97. The lowest BCUT2D eigenvalue weighted by atomic mass is 10.3. The second-order valence-electron chi connectivity index (χ2n) is 5.23. The van der Waals surface area contributed by atoms with Gasteiger partial charge in [0.1, 0.15) is 0 Å². The van der Waals surface area contributed by atoms with Gasteiger partial charge in [-0.25, -0.2) is 4.98 Å². The van der Waals surface area contributed by atoms with E-state index in [0.717, 1.165) is 23.5 Å². The van der Waals surface area contributed by atoms with E-state index in [9.17, 15) is 9.59 Å². The Hall–Kier alpha value is -1.86. The molecule has 1 fully saturated rings. The second-order valence-corrected chi connectivity index (χ2v) is 6.94. The van der Waals surface area contributed by atoms with Crippen molar-refractivity contribution in [2.45, 2.75) is 24.2 Å². The molecule has 0 saturated carbocycles. The lowest BCUT2D eigenvalue weighted by Crippen LogP contribution is -2.23. The van der Waals surface area contributed by atoms with Crippen molar-refractivity contribution in [3.63, 3.8) is 0 Å². The molecule has 1 aromatic carbocycles. The van der Waals surface area contributed by atoms with Crippen LogP contribution in [0, 0.1) is 0 Å². The highest BCUT2D eigenvalue weighted by atomic mass is 32.2. The zero-order chi connectivity index (χ0) is 16.2. The molecule has 1 aliphatic rings. The SMILES string of the molecule is CSc1cccc(NC(=O)Cc2csc(N3CCCC3=O)n2)c1. The van der Waals surface area contributed by atoms with Gasteiger partial charge in [0.15, 0.2) is 5.13 Å². The van der Waals surface area contributed by atoms with E-state index < -0.39 is 0 Å². The quantitative estimate of drug-likeness (QED) is 0.844. The van der Waals surface area contributed by atoms with Crippen LogP contribution in [0.4, 0.5) is 10.8 Å². The van der Waals surface area contributed by atoms with E-state index in [1.54, 1.807) is 16.7 Å². The van der Waals surface area contributed by atoms with Gasteiger partial charge in [-0.05, 0) is 30.9 Å². The van der Waals surface area contributed by atoms with Crippen LogP contribution in [0.5, 0.6) is 0 Å². The number of carbonyl (C=O) groups is 2. The maximum Gasteiger partial charge on any atom is 0.230 e. The van der Waals surface area contributed by atoms with Gasteiger partial charge in [-0.1, -0.05) is 6.07 Å². The molecule has 120 valence electrons. The van der Waals surface area contributed by atoms with Gasteiger partial charge >= 0.3 is 0 Å². The molecule has 0 bridgehead atoms. The van der Waals surface area contributed by atoms with Crippen molar-refractivity contribution in [2.75, 3.05) is 23.0 Å². The van der Waals surface area contributed by atoms with Gasteiger partial charge in [0.25, 0.3) is 0 Å². The van der Waals surface area contributed by atoms with E-state index in [4.69, 9.17) is 0 Å². The number of anilines is 2. The van der Waals surface area contributed by atoms with Crippen LogP contribution in [-0.2, 0) is 16.0 Å². The lowest BCUT2D eigenvalue weighted by molar-refractivity contribution is -0.117.